The van der Waals surface area contributed by atoms with Crippen molar-refractivity contribution in [1.82, 2.24) is 0 Å². The molecule has 1 nitrogen and oxygen atoms in total. The van der Waals surface area contributed by atoms with Crippen LogP contribution in [0.15, 0.2) is 11.8 Å². The Kier molecular flexibility index (Phi) is 12.0. The molecule has 0 unspecified atom stereocenters. The first-order chi connectivity index (χ1) is 10.3. The zero-order chi connectivity index (χ0) is 17.1. The molecule has 0 aliphatic rings. The molecule has 0 radical (unpaired) electrons. The summed E-state index contributed by atoms with van der Waals surface area (Å²) in [4.78, 5) is 0. The van der Waals surface area contributed by atoms with Crippen LogP contribution in [0.3, 0.4) is 0 Å². The van der Waals surface area contributed by atoms with E-state index in [-0.39, 0.29) is 5.41 Å². The maximum atomic E-state index is 5.46. The van der Waals surface area contributed by atoms with Crippen molar-refractivity contribution in [2.45, 2.75) is 97.8 Å². The fraction of sp³-hybridized carbons (Fsp3) is 0.900. The van der Waals surface area contributed by atoms with E-state index in [1.54, 1.807) is 18.9 Å². The third-order valence-electron chi connectivity index (χ3n) is 4.97. The number of methoxy groups -OCH3 is 1. The first-order valence-corrected chi connectivity index (χ1v) is 17.6. The Bertz CT molecular complexity index is 280. The minimum absolute atomic E-state index is 0.253. The molecule has 0 rings (SSSR count). The average Bonchev–Trinajstić information content (AvgIpc) is 2.47. The van der Waals surface area contributed by atoms with Crippen molar-refractivity contribution >= 4 is 18.4 Å². The van der Waals surface area contributed by atoms with Gasteiger partial charge in [0.25, 0.3) is 0 Å². The van der Waals surface area contributed by atoms with Gasteiger partial charge in [-0.3, -0.25) is 0 Å². The monoisotopic (exact) mass is 418 g/mol. The minimum atomic E-state index is -2.09. The van der Waals surface area contributed by atoms with Crippen LogP contribution in [-0.2, 0) is 4.74 Å². The summed E-state index contributed by atoms with van der Waals surface area (Å²) in [5.74, 6) is 0. The Balaban J connectivity index is 5.32. The Morgan fingerprint density at radius 1 is 0.864 bits per heavy atom. The number of ether oxygens (including phenoxy) is 1. The second-order valence-corrected chi connectivity index (χ2v) is 22.0. The van der Waals surface area contributed by atoms with Crippen LogP contribution in [0.4, 0.5) is 0 Å². The number of unbranched alkanes of at least 4 members (excludes halogenated alkanes) is 3. The normalized spacial score (nSPS) is 13.5. The van der Waals surface area contributed by atoms with E-state index >= 15 is 0 Å². The van der Waals surface area contributed by atoms with Gasteiger partial charge >= 0.3 is 145 Å². The fourth-order valence-corrected chi connectivity index (χ4v) is 20.5. The van der Waals surface area contributed by atoms with Crippen molar-refractivity contribution in [2.24, 2.45) is 5.41 Å². The first-order valence-electron chi connectivity index (χ1n) is 9.57. The van der Waals surface area contributed by atoms with E-state index in [9.17, 15) is 0 Å². The summed E-state index contributed by atoms with van der Waals surface area (Å²) in [5, 5.41) is 0. The van der Waals surface area contributed by atoms with Crippen LogP contribution in [0.5, 0.6) is 0 Å². The van der Waals surface area contributed by atoms with Crippen LogP contribution in [0, 0.1) is 5.41 Å². The number of hydrogen-bond donors (Lipinski definition) is 0. The van der Waals surface area contributed by atoms with Crippen molar-refractivity contribution < 1.29 is 4.74 Å². The van der Waals surface area contributed by atoms with Crippen molar-refractivity contribution in [2.75, 3.05) is 7.11 Å². The quantitative estimate of drug-likeness (QED) is 0.237. The van der Waals surface area contributed by atoms with Crippen molar-refractivity contribution in [3.8, 4) is 0 Å². The molecule has 0 aromatic carbocycles. The van der Waals surface area contributed by atoms with Gasteiger partial charge in [0.05, 0.1) is 0 Å². The molecular weight excluding hydrogens is 375 g/mol. The van der Waals surface area contributed by atoms with Crippen LogP contribution in [0.25, 0.3) is 0 Å². The van der Waals surface area contributed by atoms with Gasteiger partial charge in [0.15, 0.2) is 0 Å². The second-order valence-electron chi connectivity index (χ2n) is 8.12. The summed E-state index contributed by atoms with van der Waals surface area (Å²) in [6.45, 7) is 14.1. The van der Waals surface area contributed by atoms with Gasteiger partial charge in [-0.25, -0.2) is 0 Å². The molecule has 0 aromatic rings. The first kappa shape index (κ1) is 22.3. The summed E-state index contributed by atoms with van der Waals surface area (Å²) in [7, 11) is 1.81. The van der Waals surface area contributed by atoms with E-state index in [2.05, 4.69) is 47.8 Å². The SMILES string of the molecule is CCC[CH2][Sn]([CH2]CCC)([CH2]CCC)[CH2]/C(=C/OC)C(C)(C)C. The predicted molar refractivity (Wildman–Crippen MR) is 104 cm³/mol. The molecule has 0 N–H and O–H groups in total. The summed E-state index contributed by atoms with van der Waals surface area (Å²) < 4.78 is 11.6. The summed E-state index contributed by atoms with van der Waals surface area (Å²) in [6.07, 6.45) is 10.5. The van der Waals surface area contributed by atoms with Crippen LogP contribution < -0.4 is 0 Å². The zero-order valence-corrected chi connectivity index (χ0v) is 19.4. The standard InChI is InChI=1S/C8H15O.3C4H9.Sn/c1-7(6-9-5)8(2,3)4;3*1-3-4-2;/h6H,1H2,2-5H3;3*1,3-4H2,2H3;/b7-6-;;;;. The van der Waals surface area contributed by atoms with E-state index in [1.165, 1.54) is 43.0 Å². The van der Waals surface area contributed by atoms with Gasteiger partial charge in [-0.05, 0) is 0 Å². The van der Waals surface area contributed by atoms with E-state index in [1.807, 2.05) is 7.11 Å². The molecule has 0 heterocycles. The molecule has 0 aliphatic heterocycles. The average molecular weight is 417 g/mol. The molecule has 2 heteroatoms. The zero-order valence-electron chi connectivity index (χ0n) is 16.6. The molecule has 0 spiro atoms. The maximum absolute atomic E-state index is 5.46. The molecule has 0 saturated carbocycles. The van der Waals surface area contributed by atoms with Crippen molar-refractivity contribution in [3.05, 3.63) is 11.8 Å². The predicted octanol–water partition coefficient (Wildman–Crippen LogP) is 7.41. The van der Waals surface area contributed by atoms with E-state index in [0.717, 1.165) is 0 Å². The molecule has 0 atom stereocenters. The van der Waals surface area contributed by atoms with E-state index < -0.39 is 18.4 Å². The molecule has 132 valence electrons. The van der Waals surface area contributed by atoms with Crippen molar-refractivity contribution in [1.29, 1.82) is 0 Å². The Morgan fingerprint density at radius 2 is 1.27 bits per heavy atom. The molecular formula is C20H42OSn. The molecule has 0 aromatic heterocycles. The van der Waals surface area contributed by atoms with Gasteiger partial charge in [0.1, 0.15) is 0 Å². The number of rotatable bonds is 12. The molecule has 0 aliphatic carbocycles. The van der Waals surface area contributed by atoms with Gasteiger partial charge < -0.3 is 0 Å². The Morgan fingerprint density at radius 3 is 1.55 bits per heavy atom. The van der Waals surface area contributed by atoms with Gasteiger partial charge in [-0.15, -0.1) is 0 Å². The topological polar surface area (TPSA) is 9.23 Å². The molecule has 0 amide bonds. The second kappa shape index (κ2) is 11.8. The molecule has 22 heavy (non-hydrogen) atoms. The van der Waals surface area contributed by atoms with Crippen LogP contribution in [0.2, 0.25) is 17.7 Å². The van der Waals surface area contributed by atoms with Gasteiger partial charge in [-0.2, -0.15) is 0 Å². The number of allylic oxidation sites excluding steroid dienone is 1. The molecule has 0 bridgehead atoms. The Hall–Kier alpha value is 0.339. The van der Waals surface area contributed by atoms with Crippen molar-refractivity contribution in [3.63, 3.8) is 0 Å². The third-order valence-corrected chi connectivity index (χ3v) is 20.3. The van der Waals surface area contributed by atoms with Gasteiger partial charge in [0.2, 0.25) is 0 Å². The fourth-order valence-electron chi connectivity index (χ4n) is 3.33. The summed E-state index contributed by atoms with van der Waals surface area (Å²) >= 11 is -2.09. The van der Waals surface area contributed by atoms with Crippen LogP contribution >= 0.6 is 0 Å². The molecule has 0 saturated heterocycles. The van der Waals surface area contributed by atoms with E-state index in [0.29, 0.717) is 0 Å². The Labute approximate surface area is 145 Å². The summed E-state index contributed by atoms with van der Waals surface area (Å²) in [6, 6.07) is 0. The number of hydrogen-bond acceptors (Lipinski definition) is 1. The van der Waals surface area contributed by atoms with Crippen LogP contribution in [-0.4, -0.2) is 25.5 Å². The van der Waals surface area contributed by atoms with E-state index in [4.69, 9.17) is 4.74 Å². The molecule has 0 fully saturated rings. The third kappa shape index (κ3) is 8.84. The summed E-state index contributed by atoms with van der Waals surface area (Å²) in [5.41, 5.74) is 1.83. The van der Waals surface area contributed by atoms with Gasteiger partial charge in [0, 0.05) is 0 Å². The van der Waals surface area contributed by atoms with Gasteiger partial charge in [-0.1, -0.05) is 0 Å². The van der Waals surface area contributed by atoms with Crippen LogP contribution in [0.1, 0.15) is 80.1 Å².